The minimum atomic E-state index is -0.534. The highest BCUT2D eigenvalue weighted by Crippen LogP contribution is 2.42. The molecule has 0 atom stereocenters. The first kappa shape index (κ1) is 15.3. The minimum absolute atomic E-state index is 0.381. The van der Waals surface area contributed by atoms with Gasteiger partial charge >= 0.3 is 6.09 Å². The first-order valence-corrected chi connectivity index (χ1v) is 7.45. The molecule has 0 saturated heterocycles. The molecular formula is C15H20BrNO3. The van der Waals surface area contributed by atoms with Gasteiger partial charge in [-0.2, -0.15) is 0 Å². The average molecular weight is 342 g/mol. The SMILES string of the molecule is CC(C)(C)OC(=O)N[C@]1(c2ccc(Br)cc2)C[C@H](O)C1. The van der Waals surface area contributed by atoms with Gasteiger partial charge in [-0.15, -0.1) is 0 Å². The van der Waals surface area contributed by atoms with E-state index in [4.69, 9.17) is 4.74 Å². The van der Waals surface area contributed by atoms with Crippen molar-refractivity contribution in [1.29, 1.82) is 0 Å². The summed E-state index contributed by atoms with van der Waals surface area (Å²) >= 11 is 3.39. The summed E-state index contributed by atoms with van der Waals surface area (Å²) in [7, 11) is 0. The molecule has 1 aliphatic carbocycles. The van der Waals surface area contributed by atoms with Crippen LogP contribution in [0.5, 0.6) is 0 Å². The zero-order valence-corrected chi connectivity index (χ0v) is 13.5. The van der Waals surface area contributed by atoms with Gasteiger partial charge in [0.15, 0.2) is 0 Å². The molecule has 0 radical (unpaired) electrons. The molecule has 1 saturated carbocycles. The second-order valence-corrected chi connectivity index (χ2v) is 7.19. The zero-order valence-electron chi connectivity index (χ0n) is 11.9. The minimum Gasteiger partial charge on any atom is -0.444 e. The third-order valence-corrected chi connectivity index (χ3v) is 3.83. The number of hydrogen-bond donors (Lipinski definition) is 2. The van der Waals surface area contributed by atoms with Crippen molar-refractivity contribution >= 4 is 22.0 Å². The van der Waals surface area contributed by atoms with Crippen molar-refractivity contribution in [3.8, 4) is 0 Å². The van der Waals surface area contributed by atoms with Gasteiger partial charge in [-0.05, 0) is 38.5 Å². The Kier molecular flexibility index (Phi) is 4.12. The third kappa shape index (κ3) is 3.52. The lowest BCUT2D eigenvalue weighted by molar-refractivity contribution is -0.0124. The lowest BCUT2D eigenvalue weighted by Gasteiger charge is -2.46. The molecule has 5 heteroatoms. The molecule has 20 heavy (non-hydrogen) atoms. The van der Waals surface area contributed by atoms with Gasteiger partial charge in [0.1, 0.15) is 5.60 Å². The predicted molar refractivity (Wildman–Crippen MR) is 80.4 cm³/mol. The van der Waals surface area contributed by atoms with Crippen molar-refractivity contribution in [1.82, 2.24) is 5.32 Å². The summed E-state index contributed by atoms with van der Waals surface area (Å²) in [6.07, 6.45) is 0.183. The van der Waals surface area contributed by atoms with Crippen LogP contribution in [0, 0.1) is 0 Å². The van der Waals surface area contributed by atoms with Gasteiger partial charge in [0.2, 0.25) is 0 Å². The molecule has 1 fully saturated rings. The fourth-order valence-electron chi connectivity index (χ4n) is 2.42. The Balaban J connectivity index is 2.14. The van der Waals surface area contributed by atoms with Crippen LogP contribution in [0.1, 0.15) is 39.2 Å². The van der Waals surface area contributed by atoms with Crippen molar-refractivity contribution < 1.29 is 14.6 Å². The van der Waals surface area contributed by atoms with Crippen LogP contribution < -0.4 is 5.32 Å². The number of aliphatic hydroxyl groups excluding tert-OH is 1. The fraction of sp³-hybridized carbons (Fsp3) is 0.533. The van der Waals surface area contributed by atoms with E-state index in [1.165, 1.54) is 0 Å². The lowest BCUT2D eigenvalue weighted by atomic mass is 9.70. The highest BCUT2D eigenvalue weighted by Gasteiger charge is 2.46. The van der Waals surface area contributed by atoms with Crippen LogP contribution in [0.3, 0.4) is 0 Å². The van der Waals surface area contributed by atoms with E-state index in [2.05, 4.69) is 21.2 Å². The Labute approximate surface area is 127 Å². The summed E-state index contributed by atoms with van der Waals surface area (Å²) in [4.78, 5) is 12.0. The Morgan fingerprint density at radius 1 is 1.35 bits per heavy atom. The standard InChI is InChI=1S/C15H20BrNO3/c1-14(2,3)20-13(19)17-15(8-12(18)9-15)10-4-6-11(16)7-5-10/h4-7,12,18H,8-9H2,1-3H3,(H,17,19)/t12-,15+. The van der Waals surface area contributed by atoms with Crippen LogP contribution in [-0.2, 0) is 10.3 Å². The van der Waals surface area contributed by atoms with Gasteiger partial charge in [-0.25, -0.2) is 4.79 Å². The van der Waals surface area contributed by atoms with E-state index in [1.807, 2.05) is 45.0 Å². The molecule has 1 aliphatic rings. The van der Waals surface area contributed by atoms with Crippen LogP contribution in [0.2, 0.25) is 0 Å². The molecule has 4 nitrogen and oxygen atoms in total. The lowest BCUT2D eigenvalue weighted by Crippen LogP contribution is -2.57. The fourth-order valence-corrected chi connectivity index (χ4v) is 2.69. The summed E-state index contributed by atoms with van der Waals surface area (Å²) in [5, 5.41) is 12.6. The normalized spacial score (nSPS) is 25.8. The molecule has 2 rings (SSSR count). The predicted octanol–water partition coefficient (Wildman–Crippen LogP) is 3.32. The molecule has 0 unspecified atom stereocenters. The van der Waals surface area contributed by atoms with Crippen molar-refractivity contribution in [3.05, 3.63) is 34.3 Å². The van der Waals surface area contributed by atoms with Gasteiger partial charge < -0.3 is 15.2 Å². The van der Waals surface area contributed by atoms with Gasteiger partial charge in [0.25, 0.3) is 0 Å². The van der Waals surface area contributed by atoms with Crippen LogP contribution in [-0.4, -0.2) is 22.9 Å². The van der Waals surface area contributed by atoms with E-state index in [-0.39, 0.29) is 6.10 Å². The number of aliphatic hydroxyl groups is 1. The van der Waals surface area contributed by atoms with Crippen LogP contribution in [0.15, 0.2) is 28.7 Å². The van der Waals surface area contributed by atoms with Crippen molar-refractivity contribution in [2.24, 2.45) is 0 Å². The first-order chi connectivity index (χ1) is 9.20. The largest absolute Gasteiger partial charge is 0.444 e. The van der Waals surface area contributed by atoms with Gasteiger partial charge in [0, 0.05) is 17.3 Å². The number of carbonyl (C=O) groups is 1. The number of amides is 1. The summed E-state index contributed by atoms with van der Waals surface area (Å²) < 4.78 is 6.29. The van der Waals surface area contributed by atoms with Crippen molar-refractivity contribution in [2.75, 3.05) is 0 Å². The molecule has 110 valence electrons. The smallest absolute Gasteiger partial charge is 0.408 e. The molecule has 0 bridgehead atoms. The topological polar surface area (TPSA) is 58.6 Å². The molecule has 0 aromatic heterocycles. The van der Waals surface area contributed by atoms with Crippen molar-refractivity contribution in [2.45, 2.75) is 50.9 Å². The van der Waals surface area contributed by atoms with E-state index in [9.17, 15) is 9.90 Å². The summed E-state index contributed by atoms with van der Waals surface area (Å²) in [5.74, 6) is 0. The monoisotopic (exact) mass is 341 g/mol. The second-order valence-electron chi connectivity index (χ2n) is 6.28. The number of halogens is 1. The van der Waals surface area contributed by atoms with Crippen LogP contribution in [0.4, 0.5) is 4.79 Å². The number of ether oxygens (including phenoxy) is 1. The van der Waals surface area contributed by atoms with E-state index < -0.39 is 17.2 Å². The molecule has 1 aromatic rings. The van der Waals surface area contributed by atoms with E-state index in [0.717, 1.165) is 10.0 Å². The molecule has 1 aromatic carbocycles. The maximum atomic E-state index is 12.0. The molecule has 0 heterocycles. The number of nitrogens with one attached hydrogen (secondary N) is 1. The van der Waals surface area contributed by atoms with Gasteiger partial charge in [-0.1, -0.05) is 28.1 Å². The van der Waals surface area contributed by atoms with Crippen molar-refractivity contribution in [3.63, 3.8) is 0 Å². The zero-order chi connectivity index (χ0) is 15.0. The summed E-state index contributed by atoms with van der Waals surface area (Å²) in [5.41, 5.74) is -0.0765. The maximum Gasteiger partial charge on any atom is 0.408 e. The molecular weight excluding hydrogens is 322 g/mol. The Hall–Kier alpha value is -1.07. The molecule has 2 N–H and O–H groups in total. The number of alkyl carbamates (subject to hydrolysis) is 1. The van der Waals surface area contributed by atoms with Gasteiger partial charge in [0.05, 0.1) is 11.6 Å². The Morgan fingerprint density at radius 3 is 2.35 bits per heavy atom. The average Bonchev–Trinajstić information content (AvgIpc) is 2.24. The second kappa shape index (κ2) is 5.37. The third-order valence-electron chi connectivity index (χ3n) is 3.31. The maximum absolute atomic E-state index is 12.0. The Morgan fingerprint density at radius 2 is 1.90 bits per heavy atom. The number of carbonyl (C=O) groups excluding carboxylic acids is 1. The Bertz CT molecular complexity index is 487. The number of benzene rings is 1. The van der Waals surface area contributed by atoms with Crippen LogP contribution >= 0.6 is 15.9 Å². The highest BCUT2D eigenvalue weighted by molar-refractivity contribution is 9.10. The molecule has 1 amide bonds. The van der Waals surface area contributed by atoms with E-state index in [0.29, 0.717) is 12.8 Å². The number of hydrogen-bond acceptors (Lipinski definition) is 3. The van der Waals surface area contributed by atoms with Crippen LogP contribution in [0.25, 0.3) is 0 Å². The quantitative estimate of drug-likeness (QED) is 0.867. The van der Waals surface area contributed by atoms with E-state index in [1.54, 1.807) is 0 Å². The summed E-state index contributed by atoms with van der Waals surface area (Å²) in [6, 6.07) is 7.76. The highest BCUT2D eigenvalue weighted by atomic mass is 79.9. The molecule has 0 spiro atoms. The summed E-state index contributed by atoms with van der Waals surface area (Å²) in [6.45, 7) is 5.48. The van der Waals surface area contributed by atoms with E-state index >= 15 is 0 Å². The molecule has 0 aliphatic heterocycles. The van der Waals surface area contributed by atoms with Gasteiger partial charge in [-0.3, -0.25) is 0 Å². The first-order valence-electron chi connectivity index (χ1n) is 6.65. The number of rotatable bonds is 2.